The van der Waals surface area contributed by atoms with Crippen LogP contribution < -0.4 is 10.1 Å². The van der Waals surface area contributed by atoms with Gasteiger partial charge in [-0.15, -0.1) is 0 Å². The Kier molecular flexibility index (Phi) is 6.74. The number of pyridine rings is 1. The van der Waals surface area contributed by atoms with Crippen molar-refractivity contribution in [1.29, 1.82) is 0 Å². The molecule has 0 saturated carbocycles. The molecule has 0 aliphatic carbocycles. The molecule has 0 aliphatic heterocycles. The van der Waals surface area contributed by atoms with Gasteiger partial charge in [0.2, 0.25) is 0 Å². The Morgan fingerprint density at radius 2 is 1.89 bits per heavy atom. The number of anilines is 1. The highest BCUT2D eigenvalue weighted by Crippen LogP contribution is 2.29. The summed E-state index contributed by atoms with van der Waals surface area (Å²) in [5.41, 5.74) is 2.14. The maximum absolute atomic E-state index is 5.91. The summed E-state index contributed by atoms with van der Waals surface area (Å²) in [6, 6.07) is 9.13. The van der Waals surface area contributed by atoms with Gasteiger partial charge in [-0.3, -0.25) is 4.98 Å². The van der Waals surface area contributed by atoms with Crippen LogP contribution in [0.1, 0.15) is 5.56 Å². The molecule has 0 saturated heterocycles. The summed E-state index contributed by atoms with van der Waals surface area (Å²) in [6.45, 7) is 8.90. The number of benzene rings is 1. The first-order chi connectivity index (χ1) is 13.4. The molecule has 1 N–H and O–H groups in total. The van der Waals surface area contributed by atoms with Crippen LogP contribution in [0.25, 0.3) is 10.9 Å². The number of methoxy groups -OCH3 is 1. The van der Waals surface area contributed by atoms with Crippen LogP contribution in [-0.4, -0.2) is 36.6 Å². The molecule has 0 spiro atoms. The SMILES string of the molecule is COc1ccc(CNc2nn(COCC[Si](C)(C)C)c3c(Br)cncc23)cc1. The van der Waals surface area contributed by atoms with E-state index in [0.717, 1.165) is 45.2 Å². The Bertz CT molecular complexity index is 922. The van der Waals surface area contributed by atoms with Gasteiger partial charge in [-0.1, -0.05) is 31.8 Å². The van der Waals surface area contributed by atoms with E-state index in [2.05, 4.69) is 45.9 Å². The Hall–Kier alpha value is -1.90. The molecule has 0 bridgehead atoms. The molecular weight excluding hydrogens is 436 g/mol. The molecule has 150 valence electrons. The number of halogens is 1. The highest BCUT2D eigenvalue weighted by molar-refractivity contribution is 9.10. The van der Waals surface area contributed by atoms with E-state index >= 15 is 0 Å². The van der Waals surface area contributed by atoms with E-state index in [1.54, 1.807) is 13.3 Å². The number of rotatable bonds is 9. The quantitative estimate of drug-likeness (QED) is 0.352. The Labute approximate surface area is 175 Å². The molecule has 8 heteroatoms. The monoisotopic (exact) mass is 462 g/mol. The summed E-state index contributed by atoms with van der Waals surface area (Å²) in [6.07, 6.45) is 3.62. The molecule has 0 amide bonds. The van der Waals surface area contributed by atoms with E-state index < -0.39 is 8.07 Å². The van der Waals surface area contributed by atoms with Gasteiger partial charge in [0.25, 0.3) is 0 Å². The van der Waals surface area contributed by atoms with Crippen LogP contribution in [0.4, 0.5) is 5.82 Å². The Morgan fingerprint density at radius 3 is 2.57 bits per heavy atom. The van der Waals surface area contributed by atoms with Gasteiger partial charge >= 0.3 is 0 Å². The average Bonchev–Trinajstić information content (AvgIpc) is 3.02. The number of aromatic nitrogens is 3. The first-order valence-corrected chi connectivity index (χ1v) is 13.8. The predicted octanol–water partition coefficient (Wildman–Crippen LogP) is 5.13. The average molecular weight is 463 g/mol. The molecule has 0 radical (unpaired) electrons. The highest BCUT2D eigenvalue weighted by Gasteiger charge is 2.15. The Balaban J connectivity index is 1.74. The van der Waals surface area contributed by atoms with Gasteiger partial charge in [0.1, 0.15) is 12.5 Å². The normalized spacial score (nSPS) is 11.8. The summed E-state index contributed by atoms with van der Waals surface area (Å²) in [4.78, 5) is 4.30. The maximum Gasteiger partial charge on any atom is 0.157 e. The van der Waals surface area contributed by atoms with Gasteiger partial charge in [-0.2, -0.15) is 5.10 Å². The third-order valence-electron chi connectivity index (χ3n) is 4.44. The van der Waals surface area contributed by atoms with Gasteiger partial charge < -0.3 is 14.8 Å². The van der Waals surface area contributed by atoms with Crippen molar-refractivity contribution in [3.8, 4) is 5.75 Å². The molecule has 0 fully saturated rings. The summed E-state index contributed by atoms with van der Waals surface area (Å²) in [5, 5.41) is 9.12. The van der Waals surface area contributed by atoms with Gasteiger partial charge in [0.05, 0.1) is 22.5 Å². The van der Waals surface area contributed by atoms with Gasteiger partial charge in [0, 0.05) is 33.6 Å². The molecule has 3 aromatic rings. The molecule has 6 nitrogen and oxygen atoms in total. The minimum Gasteiger partial charge on any atom is -0.497 e. The number of nitrogens with zero attached hydrogens (tertiary/aromatic N) is 3. The van der Waals surface area contributed by atoms with Gasteiger partial charge in [0.15, 0.2) is 5.82 Å². The molecule has 3 rings (SSSR count). The van der Waals surface area contributed by atoms with Crippen molar-refractivity contribution < 1.29 is 9.47 Å². The summed E-state index contributed by atoms with van der Waals surface area (Å²) in [7, 11) is 0.562. The Morgan fingerprint density at radius 1 is 1.14 bits per heavy atom. The van der Waals surface area contributed by atoms with Crippen molar-refractivity contribution in [2.45, 2.75) is 39.0 Å². The van der Waals surface area contributed by atoms with Gasteiger partial charge in [-0.05, 0) is 39.7 Å². The number of hydrogen-bond acceptors (Lipinski definition) is 5. The van der Waals surface area contributed by atoms with Crippen LogP contribution in [0, 0.1) is 0 Å². The van der Waals surface area contributed by atoms with E-state index in [0.29, 0.717) is 13.3 Å². The summed E-state index contributed by atoms with van der Waals surface area (Å²) < 4.78 is 13.9. The van der Waals surface area contributed by atoms with E-state index in [1.807, 2.05) is 35.1 Å². The number of hydrogen-bond donors (Lipinski definition) is 1. The van der Waals surface area contributed by atoms with Crippen LogP contribution in [0.2, 0.25) is 25.7 Å². The maximum atomic E-state index is 5.91. The number of ether oxygens (including phenoxy) is 2. The topological polar surface area (TPSA) is 61.2 Å². The van der Waals surface area contributed by atoms with Crippen molar-refractivity contribution in [3.05, 3.63) is 46.7 Å². The molecule has 0 atom stereocenters. The minimum atomic E-state index is -1.11. The van der Waals surface area contributed by atoms with E-state index in [4.69, 9.17) is 14.6 Å². The second kappa shape index (κ2) is 9.06. The van der Waals surface area contributed by atoms with Crippen molar-refractivity contribution in [1.82, 2.24) is 14.8 Å². The number of fused-ring (bicyclic) bond motifs is 1. The summed E-state index contributed by atoms with van der Waals surface area (Å²) >= 11 is 3.60. The van der Waals surface area contributed by atoms with E-state index in [1.165, 1.54) is 0 Å². The fourth-order valence-corrected chi connectivity index (χ4v) is 4.06. The largest absolute Gasteiger partial charge is 0.497 e. The molecule has 28 heavy (non-hydrogen) atoms. The zero-order chi connectivity index (χ0) is 20.1. The third kappa shape index (κ3) is 5.33. The summed E-state index contributed by atoms with van der Waals surface area (Å²) in [5.74, 6) is 1.65. The lowest BCUT2D eigenvalue weighted by molar-refractivity contribution is 0.0818. The third-order valence-corrected chi connectivity index (χ3v) is 6.72. The number of nitrogens with one attached hydrogen (secondary N) is 1. The molecule has 1 aromatic carbocycles. The smallest absolute Gasteiger partial charge is 0.157 e. The lowest BCUT2D eigenvalue weighted by Gasteiger charge is -2.15. The van der Waals surface area contributed by atoms with Crippen molar-refractivity contribution in [2.24, 2.45) is 0 Å². The molecule has 2 aromatic heterocycles. The van der Waals surface area contributed by atoms with Crippen LogP contribution in [0.3, 0.4) is 0 Å². The predicted molar refractivity (Wildman–Crippen MR) is 120 cm³/mol. The zero-order valence-corrected chi connectivity index (χ0v) is 19.4. The highest BCUT2D eigenvalue weighted by atomic mass is 79.9. The first kappa shape index (κ1) is 20.8. The van der Waals surface area contributed by atoms with E-state index in [9.17, 15) is 0 Å². The molecule has 0 unspecified atom stereocenters. The fraction of sp³-hybridized carbons (Fsp3) is 0.400. The van der Waals surface area contributed by atoms with Crippen molar-refractivity contribution in [2.75, 3.05) is 19.0 Å². The lowest BCUT2D eigenvalue weighted by atomic mass is 10.2. The zero-order valence-electron chi connectivity index (χ0n) is 16.8. The van der Waals surface area contributed by atoms with Crippen LogP contribution in [-0.2, 0) is 18.0 Å². The molecule has 0 aliphatic rings. The minimum absolute atomic E-state index is 0.424. The van der Waals surface area contributed by atoms with Crippen LogP contribution >= 0.6 is 15.9 Å². The van der Waals surface area contributed by atoms with Crippen LogP contribution in [0.15, 0.2) is 41.1 Å². The first-order valence-electron chi connectivity index (χ1n) is 9.32. The lowest BCUT2D eigenvalue weighted by Crippen LogP contribution is -2.22. The van der Waals surface area contributed by atoms with Crippen molar-refractivity contribution >= 4 is 40.7 Å². The molecule has 2 heterocycles. The second-order valence-corrected chi connectivity index (χ2v) is 14.4. The van der Waals surface area contributed by atoms with Crippen molar-refractivity contribution in [3.63, 3.8) is 0 Å². The second-order valence-electron chi connectivity index (χ2n) is 7.92. The van der Waals surface area contributed by atoms with Gasteiger partial charge in [-0.25, -0.2) is 4.68 Å². The van der Waals surface area contributed by atoms with E-state index in [-0.39, 0.29) is 0 Å². The van der Waals surface area contributed by atoms with Crippen LogP contribution in [0.5, 0.6) is 5.75 Å². The fourth-order valence-electron chi connectivity index (χ4n) is 2.77. The standard InChI is InChI=1S/C20H27BrN4O2Si/c1-26-16-7-5-15(6-8-16)11-23-20-17-12-22-13-18(21)19(17)25(24-20)14-27-9-10-28(2,3)4/h5-8,12-13H,9-11,14H2,1-4H3,(H,23,24). The molecular formula is C20H27BrN4O2Si.